The highest BCUT2D eigenvalue weighted by Crippen LogP contribution is 2.46. The first-order valence-electron chi connectivity index (χ1n) is 13.3. The predicted octanol–water partition coefficient (Wildman–Crippen LogP) is 4.30. The molecule has 11 nitrogen and oxygen atoms in total. The molecule has 41 heavy (non-hydrogen) atoms. The number of anilines is 2. The van der Waals surface area contributed by atoms with Gasteiger partial charge in [0, 0.05) is 35.8 Å². The number of hydrogen-bond acceptors (Lipinski definition) is 10. The lowest BCUT2D eigenvalue weighted by Gasteiger charge is -2.20. The second-order valence-corrected chi connectivity index (χ2v) is 10.5. The highest BCUT2D eigenvalue weighted by atomic mass is 35.5. The number of carbonyl (C=O) groups excluding carboxylic acids is 1. The summed E-state index contributed by atoms with van der Waals surface area (Å²) in [6, 6.07) is 3.38. The van der Waals surface area contributed by atoms with Gasteiger partial charge in [0.05, 0.1) is 55.3 Å². The molecular weight excluding hydrogens is 569 g/mol. The largest absolute Gasteiger partial charge is 0.495 e. The molecule has 13 heteroatoms. The van der Waals surface area contributed by atoms with E-state index in [2.05, 4.69) is 46.7 Å². The highest BCUT2D eigenvalue weighted by Gasteiger charge is 2.30. The number of hydrogen-bond donors (Lipinski definition) is 4. The summed E-state index contributed by atoms with van der Waals surface area (Å²) in [6.45, 7) is 9.98. The average molecular weight is 605 g/mol. The zero-order valence-corrected chi connectivity index (χ0v) is 25.0. The van der Waals surface area contributed by atoms with Crippen LogP contribution in [0.25, 0.3) is 22.2 Å². The van der Waals surface area contributed by atoms with Gasteiger partial charge >= 0.3 is 0 Å². The first-order chi connectivity index (χ1) is 19.7. The number of rotatable bonds is 13. The number of pyridine rings is 1. The van der Waals surface area contributed by atoms with Crippen LogP contribution in [0.15, 0.2) is 31.0 Å². The van der Waals surface area contributed by atoms with Gasteiger partial charge in [-0.25, -0.2) is 15.0 Å². The Hall–Kier alpha value is -3.38. The minimum absolute atomic E-state index is 0.219. The molecule has 0 saturated carbocycles. The average Bonchev–Trinajstić information content (AvgIpc) is 3.38. The second kappa shape index (κ2) is 14.0. The van der Waals surface area contributed by atoms with E-state index in [1.165, 1.54) is 20.3 Å². The quantitative estimate of drug-likeness (QED) is 0.166. The normalized spacial score (nSPS) is 16.6. The van der Waals surface area contributed by atoms with Crippen molar-refractivity contribution in [2.24, 2.45) is 0 Å². The number of ether oxygens (including phenoxy) is 3. The van der Waals surface area contributed by atoms with Gasteiger partial charge in [0.1, 0.15) is 17.0 Å². The monoisotopic (exact) mass is 603 g/mol. The molecule has 2 atom stereocenters. The van der Waals surface area contributed by atoms with Crippen molar-refractivity contribution in [1.82, 2.24) is 25.6 Å². The third kappa shape index (κ3) is 7.28. The van der Waals surface area contributed by atoms with E-state index in [1.54, 1.807) is 12.3 Å². The van der Waals surface area contributed by atoms with Crippen molar-refractivity contribution in [3.8, 4) is 22.8 Å². The molecule has 4 N–H and O–H groups in total. The number of methoxy groups -OCH3 is 2. The summed E-state index contributed by atoms with van der Waals surface area (Å²) in [7, 11) is 3.05. The molecule has 0 spiro atoms. The lowest BCUT2D eigenvalue weighted by atomic mass is 10.1. The zero-order chi connectivity index (χ0) is 29.5. The van der Waals surface area contributed by atoms with Crippen molar-refractivity contribution >= 4 is 51.8 Å². The second-order valence-electron chi connectivity index (χ2n) is 9.77. The van der Waals surface area contributed by atoms with Gasteiger partial charge in [-0.05, 0) is 25.1 Å². The van der Waals surface area contributed by atoms with E-state index in [0.717, 1.165) is 18.4 Å². The van der Waals surface area contributed by atoms with Crippen molar-refractivity contribution in [3.63, 3.8) is 0 Å². The van der Waals surface area contributed by atoms with E-state index in [-0.39, 0.29) is 18.0 Å². The van der Waals surface area contributed by atoms with Gasteiger partial charge < -0.3 is 35.5 Å². The Morgan fingerprint density at radius 1 is 1.12 bits per heavy atom. The number of benzene rings is 1. The summed E-state index contributed by atoms with van der Waals surface area (Å²) in [5, 5.41) is 14.3. The molecule has 220 valence electrons. The van der Waals surface area contributed by atoms with Crippen LogP contribution in [0.3, 0.4) is 0 Å². The van der Waals surface area contributed by atoms with E-state index in [4.69, 9.17) is 47.4 Å². The minimum atomic E-state index is -0.270. The standard InChI is InChI=1S/C28H35Cl2N7O4/c1-6-22(38)34-18-13-41-14-19(18)36-28-33-12-16-10-17(23-24(29)20(39-4)11-21(40-5)25(23)30)35-27(26(16)37-28)32-9-7-8-31-15(2)3/h6,10-12,15,18-19,31H,1,7-9,13-14H2,2-5H3,(H,32,35)(H,34,38)(H,33,36,37)/t18-,19+/m0/s1. The lowest BCUT2D eigenvalue weighted by molar-refractivity contribution is -0.117. The highest BCUT2D eigenvalue weighted by molar-refractivity contribution is 6.41. The van der Waals surface area contributed by atoms with Gasteiger partial charge in [-0.15, -0.1) is 0 Å². The summed E-state index contributed by atoms with van der Waals surface area (Å²) in [4.78, 5) is 26.0. The number of halogens is 2. The molecule has 1 amide bonds. The lowest BCUT2D eigenvalue weighted by Crippen LogP contribution is -2.45. The van der Waals surface area contributed by atoms with E-state index >= 15 is 0 Å². The Balaban J connectivity index is 1.72. The van der Waals surface area contributed by atoms with Gasteiger partial charge in [-0.2, -0.15) is 0 Å². The van der Waals surface area contributed by atoms with E-state index in [9.17, 15) is 4.79 Å². The summed E-state index contributed by atoms with van der Waals surface area (Å²) in [6.07, 6.45) is 3.80. The van der Waals surface area contributed by atoms with Crippen LogP contribution >= 0.6 is 23.2 Å². The topological polar surface area (TPSA) is 132 Å². The number of amides is 1. The Bertz CT molecular complexity index is 1380. The number of fused-ring (bicyclic) bond motifs is 1. The van der Waals surface area contributed by atoms with Crippen LogP contribution in [-0.2, 0) is 9.53 Å². The van der Waals surface area contributed by atoms with Gasteiger partial charge in [0.15, 0.2) is 5.82 Å². The summed E-state index contributed by atoms with van der Waals surface area (Å²) < 4.78 is 16.5. The SMILES string of the molecule is C=CC(=O)N[C@H]1COC[C@H]1Nc1ncc2cc(-c3c(Cl)c(OC)cc(OC)c3Cl)nc(NCCCNC(C)C)c2n1. The van der Waals surface area contributed by atoms with Crippen molar-refractivity contribution < 1.29 is 19.0 Å². The van der Waals surface area contributed by atoms with Gasteiger partial charge in [0.2, 0.25) is 11.9 Å². The molecule has 0 radical (unpaired) electrons. The smallest absolute Gasteiger partial charge is 0.243 e. The molecule has 0 unspecified atom stereocenters. The van der Waals surface area contributed by atoms with Gasteiger partial charge in [-0.3, -0.25) is 4.79 Å². The Kier molecular flexibility index (Phi) is 10.4. The Labute approximate surface area is 249 Å². The molecule has 4 rings (SSSR count). The maximum atomic E-state index is 11.8. The number of nitrogens with zero attached hydrogens (tertiary/aromatic N) is 3. The molecule has 0 bridgehead atoms. The molecule has 0 aliphatic carbocycles. The first-order valence-corrected chi connectivity index (χ1v) is 14.0. The van der Waals surface area contributed by atoms with Crippen LogP contribution < -0.4 is 30.7 Å². The molecule has 3 aromatic rings. The molecule has 1 saturated heterocycles. The maximum absolute atomic E-state index is 11.8. The van der Waals surface area contributed by atoms with Crippen LogP contribution in [0.5, 0.6) is 11.5 Å². The number of aromatic nitrogens is 3. The van der Waals surface area contributed by atoms with Crippen molar-refractivity contribution in [2.75, 3.05) is 51.2 Å². The fourth-order valence-electron chi connectivity index (χ4n) is 4.40. The number of nitrogens with one attached hydrogen (secondary N) is 4. The van der Waals surface area contributed by atoms with Gasteiger partial charge in [0.25, 0.3) is 0 Å². The minimum Gasteiger partial charge on any atom is -0.495 e. The molecular formula is C28H35Cl2N7O4. The van der Waals surface area contributed by atoms with Crippen LogP contribution in [0.4, 0.5) is 11.8 Å². The molecule has 1 aromatic carbocycles. The van der Waals surface area contributed by atoms with E-state index < -0.39 is 0 Å². The zero-order valence-electron chi connectivity index (χ0n) is 23.5. The first kappa shape index (κ1) is 30.6. The molecule has 1 aliphatic rings. The molecule has 3 heterocycles. The van der Waals surface area contributed by atoms with Crippen LogP contribution in [-0.4, -0.2) is 79.5 Å². The van der Waals surface area contributed by atoms with Crippen molar-refractivity contribution in [3.05, 3.63) is 41.0 Å². The Morgan fingerprint density at radius 3 is 2.49 bits per heavy atom. The Morgan fingerprint density at radius 2 is 1.83 bits per heavy atom. The molecule has 1 fully saturated rings. The van der Waals surface area contributed by atoms with E-state index in [0.29, 0.717) is 75.9 Å². The van der Waals surface area contributed by atoms with E-state index in [1.807, 2.05) is 6.07 Å². The summed E-state index contributed by atoms with van der Waals surface area (Å²) in [5.41, 5.74) is 1.59. The fraction of sp³-hybridized carbons (Fsp3) is 0.429. The predicted molar refractivity (Wildman–Crippen MR) is 162 cm³/mol. The maximum Gasteiger partial charge on any atom is 0.243 e. The van der Waals surface area contributed by atoms with Crippen LogP contribution in [0.1, 0.15) is 20.3 Å². The fourth-order valence-corrected chi connectivity index (χ4v) is 5.10. The summed E-state index contributed by atoms with van der Waals surface area (Å²) in [5.74, 6) is 1.47. The molecule has 2 aromatic heterocycles. The van der Waals surface area contributed by atoms with Crippen LogP contribution in [0, 0.1) is 0 Å². The summed E-state index contributed by atoms with van der Waals surface area (Å²) >= 11 is 13.4. The third-order valence-corrected chi connectivity index (χ3v) is 7.25. The third-order valence-electron chi connectivity index (χ3n) is 6.50. The number of carbonyl (C=O) groups is 1. The van der Waals surface area contributed by atoms with Gasteiger partial charge in [-0.1, -0.05) is 43.6 Å². The van der Waals surface area contributed by atoms with Crippen molar-refractivity contribution in [2.45, 2.75) is 38.4 Å². The van der Waals surface area contributed by atoms with Crippen molar-refractivity contribution in [1.29, 1.82) is 0 Å². The molecule has 1 aliphatic heterocycles. The van der Waals surface area contributed by atoms with Crippen LogP contribution in [0.2, 0.25) is 10.0 Å².